The maximum Gasteiger partial charge on any atom is 0.0443 e. The SMILES string of the molecule is CCC1CCC(C(NC)c2sccc2C)C1. The molecule has 1 aliphatic carbocycles. The van der Waals surface area contributed by atoms with E-state index < -0.39 is 0 Å². The minimum Gasteiger partial charge on any atom is -0.312 e. The van der Waals surface area contributed by atoms with Crippen LogP contribution in [0.4, 0.5) is 0 Å². The van der Waals surface area contributed by atoms with E-state index in [0.29, 0.717) is 6.04 Å². The average Bonchev–Trinajstić information content (AvgIpc) is 2.90. The zero-order chi connectivity index (χ0) is 11.5. The van der Waals surface area contributed by atoms with Gasteiger partial charge < -0.3 is 5.32 Å². The lowest BCUT2D eigenvalue weighted by Crippen LogP contribution is -2.23. The van der Waals surface area contributed by atoms with E-state index in [4.69, 9.17) is 0 Å². The van der Waals surface area contributed by atoms with Crippen LogP contribution in [-0.4, -0.2) is 7.05 Å². The Morgan fingerprint density at radius 1 is 1.50 bits per heavy atom. The van der Waals surface area contributed by atoms with Gasteiger partial charge in [0.15, 0.2) is 0 Å². The largest absolute Gasteiger partial charge is 0.312 e. The summed E-state index contributed by atoms with van der Waals surface area (Å²) in [7, 11) is 2.11. The predicted molar refractivity (Wildman–Crippen MR) is 72.0 cm³/mol. The maximum atomic E-state index is 3.54. The molecule has 1 N–H and O–H groups in total. The van der Waals surface area contributed by atoms with E-state index in [2.05, 4.69) is 37.7 Å². The lowest BCUT2D eigenvalue weighted by molar-refractivity contribution is 0.376. The number of aryl methyl sites for hydroxylation is 1. The second-order valence-electron chi connectivity index (χ2n) is 5.08. The van der Waals surface area contributed by atoms with Crippen molar-refractivity contribution in [3.8, 4) is 0 Å². The van der Waals surface area contributed by atoms with Gasteiger partial charge in [-0.15, -0.1) is 11.3 Å². The molecule has 3 unspecified atom stereocenters. The van der Waals surface area contributed by atoms with Gasteiger partial charge in [0.2, 0.25) is 0 Å². The molecule has 1 fully saturated rings. The zero-order valence-corrected chi connectivity index (χ0v) is 11.4. The number of rotatable bonds is 4. The van der Waals surface area contributed by atoms with E-state index in [1.165, 1.54) is 31.2 Å². The Morgan fingerprint density at radius 2 is 2.31 bits per heavy atom. The Balaban J connectivity index is 2.09. The minimum absolute atomic E-state index is 0.594. The molecule has 0 aliphatic heterocycles. The molecular formula is C14H23NS. The first-order valence-electron chi connectivity index (χ1n) is 6.47. The lowest BCUT2D eigenvalue weighted by atomic mass is 9.93. The average molecular weight is 237 g/mol. The van der Waals surface area contributed by atoms with E-state index in [0.717, 1.165) is 11.8 Å². The Labute approximate surface area is 103 Å². The van der Waals surface area contributed by atoms with Crippen molar-refractivity contribution in [2.75, 3.05) is 7.05 Å². The van der Waals surface area contributed by atoms with Crippen molar-refractivity contribution >= 4 is 11.3 Å². The van der Waals surface area contributed by atoms with Crippen molar-refractivity contribution in [1.29, 1.82) is 0 Å². The standard InChI is InChI=1S/C14H23NS/c1-4-11-5-6-12(9-11)13(15-3)14-10(2)7-8-16-14/h7-8,11-13,15H,4-6,9H2,1-3H3. The number of hydrogen-bond acceptors (Lipinski definition) is 2. The van der Waals surface area contributed by atoms with Crippen molar-refractivity contribution in [2.24, 2.45) is 11.8 Å². The van der Waals surface area contributed by atoms with Crippen molar-refractivity contribution in [3.63, 3.8) is 0 Å². The van der Waals surface area contributed by atoms with E-state index in [1.807, 2.05) is 11.3 Å². The summed E-state index contributed by atoms with van der Waals surface area (Å²) in [6.45, 7) is 4.57. The van der Waals surface area contributed by atoms with Crippen LogP contribution in [0.25, 0.3) is 0 Å². The van der Waals surface area contributed by atoms with Gasteiger partial charge in [-0.25, -0.2) is 0 Å². The monoisotopic (exact) mass is 237 g/mol. The van der Waals surface area contributed by atoms with Gasteiger partial charge in [-0.05, 0) is 55.7 Å². The maximum absolute atomic E-state index is 3.54. The van der Waals surface area contributed by atoms with Crippen LogP contribution in [-0.2, 0) is 0 Å². The third-order valence-corrected chi connectivity index (χ3v) is 5.23. The van der Waals surface area contributed by atoms with Crippen LogP contribution in [0, 0.1) is 18.8 Å². The summed E-state index contributed by atoms with van der Waals surface area (Å²) >= 11 is 1.92. The molecule has 0 saturated heterocycles. The van der Waals surface area contributed by atoms with Crippen LogP contribution < -0.4 is 5.32 Å². The summed E-state index contributed by atoms with van der Waals surface area (Å²) in [6.07, 6.45) is 5.61. The van der Waals surface area contributed by atoms with Crippen LogP contribution >= 0.6 is 11.3 Å². The van der Waals surface area contributed by atoms with E-state index in [9.17, 15) is 0 Å². The molecule has 1 aliphatic rings. The predicted octanol–water partition coefficient (Wildman–Crippen LogP) is 4.14. The van der Waals surface area contributed by atoms with Crippen LogP contribution in [0.1, 0.15) is 49.1 Å². The molecule has 1 aromatic heterocycles. The second-order valence-corrected chi connectivity index (χ2v) is 6.03. The Bertz CT molecular complexity index is 331. The fourth-order valence-corrected chi connectivity index (χ4v) is 4.20. The Morgan fingerprint density at radius 3 is 2.81 bits per heavy atom. The molecule has 2 heteroatoms. The van der Waals surface area contributed by atoms with Crippen LogP contribution in [0.15, 0.2) is 11.4 Å². The van der Waals surface area contributed by atoms with Gasteiger partial charge in [0, 0.05) is 10.9 Å². The number of hydrogen-bond donors (Lipinski definition) is 1. The number of nitrogens with one attached hydrogen (secondary N) is 1. The molecule has 1 heterocycles. The van der Waals surface area contributed by atoms with E-state index in [-0.39, 0.29) is 0 Å². The molecule has 0 spiro atoms. The third-order valence-electron chi connectivity index (χ3n) is 4.13. The van der Waals surface area contributed by atoms with Gasteiger partial charge in [-0.3, -0.25) is 0 Å². The quantitative estimate of drug-likeness (QED) is 0.829. The summed E-state index contributed by atoms with van der Waals surface area (Å²) in [5.74, 6) is 1.83. The van der Waals surface area contributed by atoms with E-state index >= 15 is 0 Å². The van der Waals surface area contributed by atoms with E-state index in [1.54, 1.807) is 4.88 Å². The first-order chi connectivity index (χ1) is 7.76. The molecule has 0 amide bonds. The van der Waals surface area contributed by atoms with Gasteiger partial charge in [0.1, 0.15) is 0 Å². The molecule has 1 nitrogen and oxygen atoms in total. The molecule has 0 bridgehead atoms. The minimum atomic E-state index is 0.594. The highest BCUT2D eigenvalue weighted by molar-refractivity contribution is 7.10. The molecule has 0 aromatic carbocycles. The first kappa shape index (κ1) is 12.1. The van der Waals surface area contributed by atoms with Crippen molar-refractivity contribution in [2.45, 2.75) is 45.6 Å². The third kappa shape index (κ3) is 2.33. The van der Waals surface area contributed by atoms with Crippen LogP contribution in [0.5, 0.6) is 0 Å². The smallest absolute Gasteiger partial charge is 0.0443 e. The van der Waals surface area contributed by atoms with Gasteiger partial charge in [-0.2, -0.15) is 0 Å². The highest BCUT2D eigenvalue weighted by atomic mass is 32.1. The molecular weight excluding hydrogens is 214 g/mol. The topological polar surface area (TPSA) is 12.0 Å². The van der Waals surface area contributed by atoms with Crippen molar-refractivity contribution in [3.05, 3.63) is 21.9 Å². The zero-order valence-electron chi connectivity index (χ0n) is 10.6. The van der Waals surface area contributed by atoms with Crippen LogP contribution in [0.3, 0.4) is 0 Å². The molecule has 1 saturated carbocycles. The molecule has 16 heavy (non-hydrogen) atoms. The lowest BCUT2D eigenvalue weighted by Gasteiger charge is -2.23. The summed E-state index contributed by atoms with van der Waals surface area (Å²) in [5.41, 5.74) is 1.46. The second kappa shape index (κ2) is 5.33. The summed E-state index contributed by atoms with van der Waals surface area (Å²) in [5, 5.41) is 5.77. The molecule has 2 rings (SSSR count). The van der Waals surface area contributed by atoms with Crippen molar-refractivity contribution in [1.82, 2.24) is 5.32 Å². The highest BCUT2D eigenvalue weighted by Crippen LogP contribution is 2.42. The van der Waals surface area contributed by atoms with Gasteiger partial charge in [0.05, 0.1) is 0 Å². The van der Waals surface area contributed by atoms with Crippen LogP contribution in [0.2, 0.25) is 0 Å². The fourth-order valence-electron chi connectivity index (χ4n) is 3.07. The van der Waals surface area contributed by atoms with Gasteiger partial charge >= 0.3 is 0 Å². The Kier molecular flexibility index (Phi) is 4.04. The molecule has 1 aromatic rings. The number of thiophene rings is 1. The highest BCUT2D eigenvalue weighted by Gasteiger charge is 2.31. The Hall–Kier alpha value is -0.340. The normalized spacial score (nSPS) is 27.2. The fraction of sp³-hybridized carbons (Fsp3) is 0.714. The summed E-state index contributed by atoms with van der Waals surface area (Å²) < 4.78 is 0. The summed E-state index contributed by atoms with van der Waals surface area (Å²) in [4.78, 5) is 1.56. The summed E-state index contributed by atoms with van der Waals surface area (Å²) in [6, 6.07) is 2.84. The van der Waals surface area contributed by atoms with Gasteiger partial charge in [0.25, 0.3) is 0 Å². The first-order valence-corrected chi connectivity index (χ1v) is 7.35. The molecule has 3 atom stereocenters. The van der Waals surface area contributed by atoms with Crippen molar-refractivity contribution < 1.29 is 0 Å². The molecule has 0 radical (unpaired) electrons. The molecule has 90 valence electrons. The van der Waals surface area contributed by atoms with Gasteiger partial charge in [-0.1, -0.05) is 19.8 Å².